The molecule has 0 heterocycles. The lowest BCUT2D eigenvalue weighted by molar-refractivity contribution is -0.150. The van der Waals surface area contributed by atoms with E-state index in [1.165, 1.54) is 44.9 Å². The minimum absolute atomic E-state index is 0.135. The minimum Gasteiger partial charge on any atom is -0.466 e. The van der Waals surface area contributed by atoms with Crippen LogP contribution in [-0.2, 0) is 19.1 Å². The van der Waals surface area contributed by atoms with Crippen molar-refractivity contribution in [2.45, 2.75) is 84.0 Å². The van der Waals surface area contributed by atoms with Crippen molar-refractivity contribution < 1.29 is 19.1 Å². The summed E-state index contributed by atoms with van der Waals surface area (Å²) >= 11 is 0. The SMILES string of the molecule is CCCCCCOC(=O)CCC(=O)OCCC1CCCCC1. The molecule has 0 aliphatic heterocycles. The van der Waals surface area contributed by atoms with E-state index in [1.807, 2.05) is 0 Å². The first-order valence-corrected chi connectivity index (χ1v) is 9.03. The second kappa shape index (κ2) is 12.5. The fourth-order valence-corrected chi connectivity index (χ4v) is 2.88. The Morgan fingerprint density at radius 3 is 2.14 bits per heavy atom. The van der Waals surface area contributed by atoms with E-state index in [9.17, 15) is 9.59 Å². The van der Waals surface area contributed by atoms with Gasteiger partial charge in [0, 0.05) is 0 Å². The third kappa shape index (κ3) is 9.80. The van der Waals surface area contributed by atoms with Crippen LogP contribution in [-0.4, -0.2) is 25.2 Å². The first-order valence-electron chi connectivity index (χ1n) is 9.03. The second-order valence-electron chi connectivity index (χ2n) is 6.29. The normalized spacial score (nSPS) is 15.5. The Kier molecular flexibility index (Phi) is 10.8. The lowest BCUT2D eigenvalue weighted by Gasteiger charge is -2.21. The van der Waals surface area contributed by atoms with Crippen LogP contribution < -0.4 is 0 Å². The molecule has 4 nitrogen and oxygen atoms in total. The molecule has 1 saturated carbocycles. The largest absolute Gasteiger partial charge is 0.466 e. The van der Waals surface area contributed by atoms with Gasteiger partial charge in [-0.1, -0.05) is 58.3 Å². The van der Waals surface area contributed by atoms with E-state index >= 15 is 0 Å². The van der Waals surface area contributed by atoms with Gasteiger partial charge in [0.2, 0.25) is 0 Å². The third-order valence-electron chi connectivity index (χ3n) is 4.31. The maximum atomic E-state index is 11.6. The van der Waals surface area contributed by atoms with Gasteiger partial charge in [0.1, 0.15) is 0 Å². The maximum absolute atomic E-state index is 11.6. The van der Waals surface area contributed by atoms with Gasteiger partial charge < -0.3 is 9.47 Å². The first kappa shape index (κ1) is 19.0. The van der Waals surface area contributed by atoms with Crippen molar-refractivity contribution in [3.8, 4) is 0 Å². The number of ether oxygens (including phenoxy) is 2. The highest BCUT2D eigenvalue weighted by molar-refractivity contribution is 5.77. The van der Waals surface area contributed by atoms with Gasteiger partial charge >= 0.3 is 11.9 Å². The number of unbranched alkanes of at least 4 members (excludes halogenated alkanes) is 3. The molecule has 0 amide bonds. The standard InChI is InChI=1S/C18H32O4/c1-2-3-4-8-14-21-17(19)11-12-18(20)22-15-13-16-9-6-5-7-10-16/h16H,2-15H2,1H3. The highest BCUT2D eigenvalue weighted by Crippen LogP contribution is 2.26. The van der Waals surface area contributed by atoms with Crippen LogP contribution in [0.3, 0.4) is 0 Å². The van der Waals surface area contributed by atoms with E-state index in [-0.39, 0.29) is 24.8 Å². The molecular formula is C18H32O4. The van der Waals surface area contributed by atoms with Crippen LogP contribution in [0.15, 0.2) is 0 Å². The molecule has 0 unspecified atom stereocenters. The average Bonchev–Trinajstić information content (AvgIpc) is 2.54. The summed E-state index contributed by atoms with van der Waals surface area (Å²) in [6.45, 7) is 3.11. The number of rotatable bonds is 11. The van der Waals surface area contributed by atoms with E-state index in [0.717, 1.165) is 25.2 Å². The minimum atomic E-state index is -0.291. The summed E-state index contributed by atoms with van der Waals surface area (Å²) in [7, 11) is 0. The van der Waals surface area contributed by atoms with Gasteiger partial charge in [0.15, 0.2) is 0 Å². The van der Waals surface area contributed by atoms with Crippen molar-refractivity contribution in [1.29, 1.82) is 0 Å². The van der Waals surface area contributed by atoms with Gasteiger partial charge in [-0.25, -0.2) is 0 Å². The fourth-order valence-electron chi connectivity index (χ4n) is 2.88. The Balaban J connectivity index is 1.94. The molecule has 0 bridgehead atoms. The van der Waals surface area contributed by atoms with Crippen molar-refractivity contribution in [2.75, 3.05) is 13.2 Å². The number of hydrogen-bond donors (Lipinski definition) is 0. The second-order valence-corrected chi connectivity index (χ2v) is 6.29. The molecule has 0 aromatic rings. The summed E-state index contributed by atoms with van der Waals surface area (Å²) in [5, 5.41) is 0. The van der Waals surface area contributed by atoms with E-state index in [4.69, 9.17) is 9.47 Å². The van der Waals surface area contributed by atoms with Crippen molar-refractivity contribution in [3.63, 3.8) is 0 Å². The van der Waals surface area contributed by atoms with Crippen molar-refractivity contribution in [3.05, 3.63) is 0 Å². The Bertz CT molecular complexity index is 308. The van der Waals surface area contributed by atoms with Gasteiger partial charge in [0.25, 0.3) is 0 Å². The molecule has 0 atom stereocenters. The molecule has 128 valence electrons. The Labute approximate surface area is 134 Å². The number of hydrogen-bond acceptors (Lipinski definition) is 4. The molecule has 4 heteroatoms. The molecular weight excluding hydrogens is 280 g/mol. The molecule has 1 aliphatic rings. The maximum Gasteiger partial charge on any atom is 0.306 e. The van der Waals surface area contributed by atoms with Gasteiger partial charge in [-0.2, -0.15) is 0 Å². The third-order valence-corrected chi connectivity index (χ3v) is 4.31. The van der Waals surface area contributed by atoms with Gasteiger partial charge in [-0.3, -0.25) is 9.59 Å². The molecule has 0 saturated heterocycles. The summed E-state index contributed by atoms with van der Waals surface area (Å²) < 4.78 is 10.3. The summed E-state index contributed by atoms with van der Waals surface area (Å²) in [5.74, 6) is 0.147. The summed E-state index contributed by atoms with van der Waals surface area (Å²) in [4.78, 5) is 23.0. The lowest BCUT2D eigenvalue weighted by Crippen LogP contribution is -2.14. The van der Waals surface area contributed by atoms with Crippen LogP contribution in [0.25, 0.3) is 0 Å². The zero-order chi connectivity index (χ0) is 16.0. The van der Waals surface area contributed by atoms with Crippen LogP contribution in [0.4, 0.5) is 0 Å². The van der Waals surface area contributed by atoms with Gasteiger partial charge in [-0.05, 0) is 18.8 Å². The highest BCUT2D eigenvalue weighted by Gasteiger charge is 2.14. The molecule has 0 aromatic carbocycles. The molecule has 1 aliphatic carbocycles. The van der Waals surface area contributed by atoms with Gasteiger partial charge in [0.05, 0.1) is 26.1 Å². The van der Waals surface area contributed by atoms with E-state index in [0.29, 0.717) is 13.2 Å². The molecule has 1 fully saturated rings. The number of esters is 2. The topological polar surface area (TPSA) is 52.6 Å². The molecule has 0 N–H and O–H groups in total. The van der Waals surface area contributed by atoms with Crippen LogP contribution in [0.1, 0.15) is 84.0 Å². The average molecular weight is 312 g/mol. The zero-order valence-electron chi connectivity index (χ0n) is 14.1. The first-order chi connectivity index (χ1) is 10.7. The Morgan fingerprint density at radius 1 is 0.864 bits per heavy atom. The monoisotopic (exact) mass is 312 g/mol. The van der Waals surface area contributed by atoms with Crippen LogP contribution >= 0.6 is 0 Å². The Hall–Kier alpha value is -1.06. The predicted octanol–water partition coefficient (Wildman–Crippen LogP) is 4.40. The van der Waals surface area contributed by atoms with Crippen LogP contribution in [0, 0.1) is 5.92 Å². The van der Waals surface area contributed by atoms with E-state index in [1.54, 1.807) is 0 Å². The highest BCUT2D eigenvalue weighted by atomic mass is 16.5. The molecule has 1 rings (SSSR count). The number of carbonyl (C=O) groups excluding carboxylic acids is 2. The Morgan fingerprint density at radius 2 is 1.50 bits per heavy atom. The fraction of sp³-hybridized carbons (Fsp3) is 0.889. The quantitative estimate of drug-likeness (QED) is 0.419. The van der Waals surface area contributed by atoms with E-state index in [2.05, 4.69) is 6.92 Å². The lowest BCUT2D eigenvalue weighted by atomic mass is 9.87. The van der Waals surface area contributed by atoms with E-state index < -0.39 is 0 Å². The predicted molar refractivity (Wildman–Crippen MR) is 86.5 cm³/mol. The van der Waals surface area contributed by atoms with Crippen molar-refractivity contribution in [2.24, 2.45) is 5.92 Å². The molecule has 0 radical (unpaired) electrons. The smallest absolute Gasteiger partial charge is 0.306 e. The number of carbonyl (C=O) groups is 2. The van der Waals surface area contributed by atoms with Crippen LogP contribution in [0.5, 0.6) is 0 Å². The van der Waals surface area contributed by atoms with Gasteiger partial charge in [-0.15, -0.1) is 0 Å². The summed E-state index contributed by atoms with van der Waals surface area (Å²) in [6, 6.07) is 0. The summed E-state index contributed by atoms with van der Waals surface area (Å²) in [6.07, 6.45) is 12.1. The molecule has 0 spiro atoms. The van der Waals surface area contributed by atoms with Crippen molar-refractivity contribution >= 4 is 11.9 Å². The van der Waals surface area contributed by atoms with Crippen LogP contribution in [0.2, 0.25) is 0 Å². The molecule has 0 aromatic heterocycles. The zero-order valence-corrected chi connectivity index (χ0v) is 14.1. The van der Waals surface area contributed by atoms with Crippen molar-refractivity contribution in [1.82, 2.24) is 0 Å². The molecule has 22 heavy (non-hydrogen) atoms. The summed E-state index contributed by atoms with van der Waals surface area (Å²) in [5.41, 5.74) is 0.